The molecule has 1 atom stereocenters. The van der Waals surface area contributed by atoms with Crippen LogP contribution in [0.3, 0.4) is 0 Å². The largest absolute Gasteiger partial charge is 0.480 e. The van der Waals surface area contributed by atoms with Gasteiger partial charge in [-0.1, -0.05) is 37.6 Å². The van der Waals surface area contributed by atoms with Crippen LogP contribution in [0.25, 0.3) is 0 Å². The maximum Gasteiger partial charge on any atom is 0.329 e. The van der Waals surface area contributed by atoms with Gasteiger partial charge >= 0.3 is 5.97 Å². The minimum atomic E-state index is -1.17. The zero-order valence-corrected chi connectivity index (χ0v) is 12.0. The number of carboxylic acid groups (broad SMARTS) is 1. The average Bonchev–Trinajstić information content (AvgIpc) is 2.82. The number of rotatable bonds is 5. The molecule has 0 spiro atoms. The monoisotopic (exact) mass is 275 g/mol. The molecule has 1 aromatic carbocycles. The van der Waals surface area contributed by atoms with Crippen molar-refractivity contribution in [1.29, 1.82) is 0 Å². The fraction of sp³-hybridized carbons (Fsp3) is 0.500. The fourth-order valence-corrected chi connectivity index (χ4v) is 2.84. The molecule has 0 radical (unpaired) electrons. The highest BCUT2D eigenvalue weighted by atomic mass is 16.4. The summed E-state index contributed by atoms with van der Waals surface area (Å²) in [5.74, 6) is -1.27. The average molecular weight is 275 g/mol. The van der Waals surface area contributed by atoms with E-state index in [1.165, 1.54) is 11.1 Å². The van der Waals surface area contributed by atoms with E-state index in [0.717, 1.165) is 0 Å². The molecule has 1 unspecified atom stereocenters. The van der Waals surface area contributed by atoms with E-state index in [0.29, 0.717) is 25.7 Å². The summed E-state index contributed by atoms with van der Waals surface area (Å²) in [5.41, 5.74) is 1.22. The molecule has 1 amide bonds. The van der Waals surface area contributed by atoms with Crippen LogP contribution in [-0.2, 0) is 22.4 Å². The molecule has 0 bridgehead atoms. The minimum Gasteiger partial charge on any atom is -0.480 e. The van der Waals surface area contributed by atoms with Crippen LogP contribution in [0.15, 0.2) is 24.3 Å². The molecular weight excluding hydrogens is 254 g/mol. The third kappa shape index (κ3) is 2.84. The Labute approximate surface area is 119 Å². The molecule has 1 aromatic rings. The highest BCUT2D eigenvalue weighted by Gasteiger charge is 2.37. The third-order valence-electron chi connectivity index (χ3n) is 4.04. The summed E-state index contributed by atoms with van der Waals surface area (Å²) >= 11 is 0. The van der Waals surface area contributed by atoms with E-state index in [-0.39, 0.29) is 11.8 Å². The summed E-state index contributed by atoms with van der Waals surface area (Å²) in [6.45, 7) is 3.50. The van der Waals surface area contributed by atoms with Crippen LogP contribution in [0.5, 0.6) is 0 Å². The lowest BCUT2D eigenvalue weighted by atomic mass is 9.94. The Morgan fingerprint density at radius 1 is 1.30 bits per heavy atom. The molecule has 1 aliphatic rings. The Morgan fingerprint density at radius 3 is 2.30 bits per heavy atom. The summed E-state index contributed by atoms with van der Waals surface area (Å²) in [6.07, 6.45) is 2.55. The molecule has 0 heterocycles. The Bertz CT molecular complexity index is 501. The molecule has 0 aliphatic heterocycles. The first-order valence-electron chi connectivity index (χ1n) is 7.08. The van der Waals surface area contributed by atoms with E-state index in [4.69, 9.17) is 0 Å². The SMILES string of the molecule is CCCC(C)(NC(=O)C1Cc2ccccc2C1)C(=O)O. The van der Waals surface area contributed by atoms with Crippen LogP contribution in [0, 0.1) is 5.92 Å². The number of nitrogens with one attached hydrogen (secondary N) is 1. The summed E-state index contributed by atoms with van der Waals surface area (Å²) in [4.78, 5) is 23.7. The van der Waals surface area contributed by atoms with Crippen LogP contribution in [0.2, 0.25) is 0 Å². The first-order valence-corrected chi connectivity index (χ1v) is 7.08. The smallest absolute Gasteiger partial charge is 0.329 e. The van der Waals surface area contributed by atoms with Gasteiger partial charge in [-0.05, 0) is 37.3 Å². The van der Waals surface area contributed by atoms with Gasteiger partial charge in [0.05, 0.1) is 0 Å². The number of aliphatic carboxylic acids is 1. The molecule has 108 valence electrons. The third-order valence-corrected chi connectivity index (χ3v) is 4.04. The second-order valence-corrected chi connectivity index (χ2v) is 5.75. The summed E-state index contributed by atoms with van der Waals surface area (Å²) in [5, 5.41) is 12.0. The van der Waals surface area contributed by atoms with Gasteiger partial charge in [-0.25, -0.2) is 4.79 Å². The topological polar surface area (TPSA) is 66.4 Å². The second kappa shape index (κ2) is 5.65. The van der Waals surface area contributed by atoms with Crippen molar-refractivity contribution in [3.63, 3.8) is 0 Å². The van der Waals surface area contributed by atoms with Crippen LogP contribution in [0.1, 0.15) is 37.8 Å². The van der Waals surface area contributed by atoms with Gasteiger partial charge in [0.25, 0.3) is 0 Å². The highest BCUT2D eigenvalue weighted by Crippen LogP contribution is 2.27. The zero-order chi connectivity index (χ0) is 14.8. The normalized spacial score (nSPS) is 17.3. The van der Waals surface area contributed by atoms with Gasteiger partial charge in [-0.15, -0.1) is 0 Å². The molecule has 4 heteroatoms. The molecule has 2 N–H and O–H groups in total. The number of hydrogen-bond acceptors (Lipinski definition) is 2. The molecule has 0 saturated heterocycles. The van der Waals surface area contributed by atoms with Crippen molar-refractivity contribution in [1.82, 2.24) is 5.32 Å². The maximum absolute atomic E-state index is 12.3. The van der Waals surface area contributed by atoms with E-state index < -0.39 is 11.5 Å². The van der Waals surface area contributed by atoms with Crippen molar-refractivity contribution in [2.45, 2.75) is 45.1 Å². The van der Waals surface area contributed by atoms with E-state index in [1.807, 2.05) is 31.2 Å². The van der Waals surface area contributed by atoms with Gasteiger partial charge in [-0.3, -0.25) is 4.79 Å². The van der Waals surface area contributed by atoms with Gasteiger partial charge in [-0.2, -0.15) is 0 Å². The van der Waals surface area contributed by atoms with Gasteiger partial charge in [0, 0.05) is 5.92 Å². The molecule has 4 nitrogen and oxygen atoms in total. The van der Waals surface area contributed by atoms with Crippen molar-refractivity contribution < 1.29 is 14.7 Å². The number of carboxylic acids is 1. The maximum atomic E-state index is 12.3. The summed E-state index contributed by atoms with van der Waals surface area (Å²) in [7, 11) is 0. The lowest BCUT2D eigenvalue weighted by Crippen LogP contribution is -2.53. The number of hydrogen-bond donors (Lipinski definition) is 2. The molecular formula is C16H21NO3. The molecule has 2 rings (SSSR count). The van der Waals surface area contributed by atoms with E-state index in [2.05, 4.69) is 5.32 Å². The van der Waals surface area contributed by atoms with Crippen LogP contribution in [0.4, 0.5) is 0 Å². The van der Waals surface area contributed by atoms with Crippen molar-refractivity contribution in [2.75, 3.05) is 0 Å². The van der Waals surface area contributed by atoms with E-state index in [1.54, 1.807) is 6.92 Å². The number of benzene rings is 1. The Hall–Kier alpha value is -1.84. The second-order valence-electron chi connectivity index (χ2n) is 5.75. The number of carbonyl (C=O) groups excluding carboxylic acids is 1. The first kappa shape index (κ1) is 14.6. The first-order chi connectivity index (χ1) is 9.46. The number of fused-ring (bicyclic) bond motifs is 1. The molecule has 1 aliphatic carbocycles. The van der Waals surface area contributed by atoms with Crippen LogP contribution >= 0.6 is 0 Å². The quantitative estimate of drug-likeness (QED) is 0.865. The predicted octanol–water partition coefficient (Wildman–Crippen LogP) is 2.16. The Morgan fingerprint density at radius 2 is 1.85 bits per heavy atom. The predicted molar refractivity (Wildman–Crippen MR) is 76.4 cm³/mol. The Balaban J connectivity index is 2.05. The number of carbonyl (C=O) groups is 2. The van der Waals surface area contributed by atoms with Crippen molar-refractivity contribution in [3.05, 3.63) is 35.4 Å². The van der Waals surface area contributed by atoms with E-state index >= 15 is 0 Å². The van der Waals surface area contributed by atoms with Crippen molar-refractivity contribution >= 4 is 11.9 Å². The molecule has 0 saturated carbocycles. The highest BCUT2D eigenvalue weighted by molar-refractivity contribution is 5.88. The van der Waals surface area contributed by atoms with Crippen LogP contribution in [-0.4, -0.2) is 22.5 Å². The van der Waals surface area contributed by atoms with Crippen molar-refractivity contribution in [2.24, 2.45) is 5.92 Å². The zero-order valence-electron chi connectivity index (χ0n) is 12.0. The van der Waals surface area contributed by atoms with Gasteiger partial charge in [0.1, 0.15) is 5.54 Å². The van der Waals surface area contributed by atoms with Crippen LogP contribution < -0.4 is 5.32 Å². The molecule has 0 aromatic heterocycles. The minimum absolute atomic E-state index is 0.150. The van der Waals surface area contributed by atoms with Gasteiger partial charge in [0.2, 0.25) is 5.91 Å². The van der Waals surface area contributed by atoms with Gasteiger partial charge in [0.15, 0.2) is 0 Å². The van der Waals surface area contributed by atoms with Gasteiger partial charge < -0.3 is 10.4 Å². The molecule has 0 fully saturated rings. The fourth-order valence-electron chi connectivity index (χ4n) is 2.84. The molecule has 20 heavy (non-hydrogen) atoms. The van der Waals surface area contributed by atoms with Crippen molar-refractivity contribution in [3.8, 4) is 0 Å². The summed E-state index contributed by atoms with van der Waals surface area (Å²) in [6, 6.07) is 8.01. The lowest BCUT2D eigenvalue weighted by molar-refractivity contribution is -0.147. The standard InChI is InChI=1S/C16H21NO3/c1-3-8-16(2,15(19)20)17-14(18)13-9-11-6-4-5-7-12(11)10-13/h4-7,13H,3,8-10H2,1-2H3,(H,17,18)(H,19,20). The van der Waals surface area contributed by atoms with E-state index in [9.17, 15) is 14.7 Å². The summed E-state index contributed by atoms with van der Waals surface area (Å²) < 4.78 is 0. The number of amides is 1. The lowest BCUT2D eigenvalue weighted by Gasteiger charge is -2.27. The Kier molecular flexibility index (Phi) is 4.12.